The molecule has 2 saturated heterocycles. The Bertz CT molecular complexity index is 1070. The summed E-state index contributed by atoms with van der Waals surface area (Å²) in [4.78, 5) is 5.05. The van der Waals surface area contributed by atoms with Gasteiger partial charge in [0.1, 0.15) is 0 Å². The van der Waals surface area contributed by atoms with Crippen LogP contribution in [0.4, 0.5) is 5.69 Å². The zero-order chi connectivity index (χ0) is 22.8. The fourth-order valence-electron chi connectivity index (χ4n) is 5.09. The summed E-state index contributed by atoms with van der Waals surface area (Å²) in [5.74, 6) is 0.912. The summed E-state index contributed by atoms with van der Waals surface area (Å²) in [6, 6.07) is 15.4. The van der Waals surface area contributed by atoms with Crippen molar-refractivity contribution in [2.45, 2.75) is 52.3 Å². The van der Waals surface area contributed by atoms with Crippen molar-refractivity contribution in [3.8, 4) is 0 Å². The molecule has 0 bridgehead atoms. The molecule has 0 amide bonds. The maximum absolute atomic E-state index is 5.88. The van der Waals surface area contributed by atoms with Crippen LogP contribution in [0.5, 0.6) is 0 Å². The van der Waals surface area contributed by atoms with E-state index in [1.54, 1.807) is 0 Å². The number of tetrazole rings is 1. The number of benzene rings is 2. The Morgan fingerprint density at radius 2 is 1.76 bits per heavy atom. The lowest BCUT2D eigenvalue weighted by Crippen LogP contribution is -2.48. The average Bonchev–Trinajstić information content (AvgIpc) is 3.51. The van der Waals surface area contributed by atoms with E-state index in [-0.39, 0.29) is 24.6 Å². The van der Waals surface area contributed by atoms with E-state index in [0.29, 0.717) is 6.54 Å². The van der Waals surface area contributed by atoms with Gasteiger partial charge in [-0.25, -0.2) is 4.68 Å². The molecular formula is C26H35ClN6O. The van der Waals surface area contributed by atoms with Gasteiger partial charge in [0.25, 0.3) is 0 Å². The van der Waals surface area contributed by atoms with E-state index in [0.717, 1.165) is 51.5 Å². The van der Waals surface area contributed by atoms with Gasteiger partial charge >= 0.3 is 0 Å². The number of ether oxygens (including phenoxy) is 1. The second kappa shape index (κ2) is 10.8. The molecule has 2 aromatic carbocycles. The highest BCUT2D eigenvalue weighted by Gasteiger charge is 2.32. The normalized spacial score (nSPS) is 19.7. The van der Waals surface area contributed by atoms with E-state index >= 15 is 0 Å². The van der Waals surface area contributed by atoms with Gasteiger partial charge in [-0.15, -0.1) is 17.5 Å². The molecule has 0 aliphatic carbocycles. The highest BCUT2D eigenvalue weighted by Crippen LogP contribution is 2.31. The minimum atomic E-state index is 0. The van der Waals surface area contributed by atoms with Gasteiger partial charge < -0.3 is 9.64 Å². The highest BCUT2D eigenvalue weighted by atomic mass is 35.5. The summed E-state index contributed by atoms with van der Waals surface area (Å²) in [6.45, 7) is 12.0. The third-order valence-electron chi connectivity index (χ3n) is 7.19. The minimum absolute atomic E-state index is 0. The average molecular weight is 483 g/mol. The number of rotatable bonds is 6. The first-order valence-electron chi connectivity index (χ1n) is 12.1. The number of hydrogen-bond acceptors (Lipinski definition) is 6. The number of aromatic nitrogens is 4. The van der Waals surface area contributed by atoms with Crippen LogP contribution in [0.1, 0.15) is 47.0 Å². The zero-order valence-corrected chi connectivity index (χ0v) is 21.2. The Morgan fingerprint density at radius 3 is 2.47 bits per heavy atom. The molecule has 2 fully saturated rings. The Hall–Kier alpha value is -2.48. The Balaban J connectivity index is 0.00000274. The molecule has 8 heteroatoms. The van der Waals surface area contributed by atoms with Gasteiger partial charge in [0, 0.05) is 38.5 Å². The van der Waals surface area contributed by atoms with Crippen LogP contribution < -0.4 is 4.90 Å². The fourth-order valence-corrected chi connectivity index (χ4v) is 5.09. The predicted octanol–water partition coefficient (Wildman–Crippen LogP) is 4.11. The van der Waals surface area contributed by atoms with Crippen LogP contribution in [0.15, 0.2) is 42.5 Å². The number of nitrogens with zero attached hydrogens (tertiary/aromatic N) is 6. The van der Waals surface area contributed by atoms with Crippen molar-refractivity contribution in [3.63, 3.8) is 0 Å². The van der Waals surface area contributed by atoms with E-state index < -0.39 is 0 Å². The summed E-state index contributed by atoms with van der Waals surface area (Å²) in [6.07, 6.45) is 2.39. The van der Waals surface area contributed by atoms with Gasteiger partial charge in [-0.05, 0) is 66.8 Å². The molecular weight excluding hydrogens is 448 g/mol. The van der Waals surface area contributed by atoms with Gasteiger partial charge in [-0.2, -0.15) is 0 Å². The number of piperazine rings is 1. The molecule has 2 unspecified atom stereocenters. The smallest absolute Gasteiger partial charge is 0.173 e. The fraction of sp³-hybridized carbons (Fsp3) is 0.500. The molecule has 2 atom stereocenters. The molecule has 3 aromatic rings. The maximum Gasteiger partial charge on any atom is 0.173 e. The zero-order valence-electron chi connectivity index (χ0n) is 20.4. The van der Waals surface area contributed by atoms with E-state index in [1.165, 1.54) is 27.9 Å². The molecule has 182 valence electrons. The topological polar surface area (TPSA) is 59.3 Å². The van der Waals surface area contributed by atoms with Crippen LogP contribution in [-0.2, 0) is 11.3 Å². The molecule has 2 aliphatic rings. The van der Waals surface area contributed by atoms with Crippen molar-refractivity contribution in [3.05, 3.63) is 70.5 Å². The lowest BCUT2D eigenvalue weighted by Gasteiger charge is -2.40. The van der Waals surface area contributed by atoms with Gasteiger partial charge in [0.05, 0.1) is 18.7 Å². The van der Waals surface area contributed by atoms with Crippen molar-refractivity contribution in [1.29, 1.82) is 0 Å². The Labute approximate surface area is 208 Å². The molecule has 1 aromatic heterocycles. The number of anilines is 1. The quantitative estimate of drug-likeness (QED) is 0.527. The lowest BCUT2D eigenvalue weighted by atomic mass is 10.0. The van der Waals surface area contributed by atoms with Gasteiger partial charge in [0.2, 0.25) is 0 Å². The standard InChI is InChI=1S/C26H34N6O.ClH/c1-19-9-11-22(12-10-19)25(26-27-28-29-32(26)18-23-7-5-17-33-23)31-15-13-30(14-16-31)24-8-4-6-20(2)21(24)3;/h4,6,8-12,23,25H,5,7,13-18H2,1-3H3;1H. The van der Waals surface area contributed by atoms with Gasteiger partial charge in [-0.3, -0.25) is 4.90 Å². The Morgan fingerprint density at radius 1 is 1.00 bits per heavy atom. The SMILES string of the molecule is Cc1ccc(C(c2nnnn2CC2CCCO2)N2CCN(c3cccc(C)c3C)CC2)cc1.Cl. The molecule has 5 rings (SSSR count). The number of aryl methyl sites for hydroxylation is 2. The van der Waals surface area contributed by atoms with Crippen LogP contribution in [0.25, 0.3) is 0 Å². The molecule has 0 saturated carbocycles. The van der Waals surface area contributed by atoms with E-state index in [4.69, 9.17) is 4.74 Å². The van der Waals surface area contributed by atoms with Crippen molar-refractivity contribution >= 4 is 18.1 Å². The first-order valence-corrected chi connectivity index (χ1v) is 12.1. The largest absolute Gasteiger partial charge is 0.376 e. The van der Waals surface area contributed by atoms with Crippen molar-refractivity contribution in [1.82, 2.24) is 25.1 Å². The summed E-state index contributed by atoms with van der Waals surface area (Å²) in [5.41, 5.74) is 6.58. The maximum atomic E-state index is 5.88. The van der Waals surface area contributed by atoms with Crippen LogP contribution in [0.3, 0.4) is 0 Å². The van der Waals surface area contributed by atoms with Crippen LogP contribution in [-0.4, -0.2) is 64.0 Å². The molecule has 7 nitrogen and oxygen atoms in total. The molecule has 2 aliphatic heterocycles. The lowest BCUT2D eigenvalue weighted by molar-refractivity contribution is 0.0906. The summed E-state index contributed by atoms with van der Waals surface area (Å²) in [5, 5.41) is 13.0. The molecule has 0 radical (unpaired) electrons. The molecule has 0 N–H and O–H groups in total. The summed E-state index contributed by atoms with van der Waals surface area (Å²) < 4.78 is 7.84. The van der Waals surface area contributed by atoms with E-state index in [1.807, 2.05) is 4.68 Å². The monoisotopic (exact) mass is 482 g/mol. The van der Waals surface area contributed by atoms with Crippen LogP contribution in [0.2, 0.25) is 0 Å². The van der Waals surface area contributed by atoms with Crippen molar-refractivity contribution in [2.75, 3.05) is 37.7 Å². The van der Waals surface area contributed by atoms with Crippen molar-refractivity contribution < 1.29 is 4.74 Å². The summed E-state index contributed by atoms with van der Waals surface area (Å²) >= 11 is 0. The Kier molecular flexibility index (Phi) is 7.86. The second-order valence-electron chi connectivity index (χ2n) is 9.41. The van der Waals surface area contributed by atoms with E-state index in [2.05, 4.69) is 88.6 Å². The second-order valence-corrected chi connectivity index (χ2v) is 9.41. The number of hydrogen-bond donors (Lipinski definition) is 0. The molecule has 0 spiro atoms. The molecule has 34 heavy (non-hydrogen) atoms. The number of halogens is 1. The van der Waals surface area contributed by atoms with Crippen LogP contribution in [0, 0.1) is 20.8 Å². The minimum Gasteiger partial charge on any atom is -0.376 e. The van der Waals surface area contributed by atoms with Gasteiger partial charge in [-0.1, -0.05) is 42.0 Å². The van der Waals surface area contributed by atoms with E-state index in [9.17, 15) is 0 Å². The summed E-state index contributed by atoms with van der Waals surface area (Å²) in [7, 11) is 0. The predicted molar refractivity (Wildman–Crippen MR) is 137 cm³/mol. The van der Waals surface area contributed by atoms with Gasteiger partial charge in [0.15, 0.2) is 5.82 Å². The first-order chi connectivity index (χ1) is 16.1. The third-order valence-corrected chi connectivity index (χ3v) is 7.19. The first kappa shape index (κ1) is 24.6. The van der Waals surface area contributed by atoms with Crippen molar-refractivity contribution in [2.24, 2.45) is 0 Å². The van der Waals surface area contributed by atoms with Crippen LogP contribution >= 0.6 is 12.4 Å². The highest BCUT2D eigenvalue weighted by molar-refractivity contribution is 5.85. The third kappa shape index (κ3) is 5.11. The molecule has 3 heterocycles.